The second-order valence-corrected chi connectivity index (χ2v) is 5.84. The van der Waals surface area contributed by atoms with Crippen LogP contribution >= 0.6 is 0 Å². The van der Waals surface area contributed by atoms with Crippen LogP contribution in [0.15, 0.2) is 0 Å². The molecule has 2 fully saturated rings. The largest absolute Gasteiger partial charge is 0.381 e. The van der Waals surface area contributed by atoms with Crippen LogP contribution in [0.5, 0.6) is 0 Å². The van der Waals surface area contributed by atoms with Gasteiger partial charge in [-0.2, -0.15) is 0 Å². The zero-order valence-electron chi connectivity index (χ0n) is 12.0. The quantitative estimate of drug-likeness (QED) is 0.838. The topological polar surface area (TPSA) is 30.5 Å². The molecule has 106 valence electrons. The van der Waals surface area contributed by atoms with Crippen LogP contribution in [-0.4, -0.2) is 37.5 Å². The summed E-state index contributed by atoms with van der Waals surface area (Å²) in [4.78, 5) is 0. The molecule has 0 spiro atoms. The van der Waals surface area contributed by atoms with Crippen LogP contribution in [0.1, 0.15) is 58.8 Å². The SMILES string of the molecule is CCC1(CC)CC(NC2CCCOCC2)CCO1. The Morgan fingerprint density at radius 1 is 1.00 bits per heavy atom. The smallest absolute Gasteiger partial charge is 0.0692 e. The molecule has 2 rings (SSSR count). The predicted molar refractivity (Wildman–Crippen MR) is 73.9 cm³/mol. The third-order valence-corrected chi connectivity index (χ3v) is 4.70. The van der Waals surface area contributed by atoms with Gasteiger partial charge >= 0.3 is 0 Å². The number of hydrogen-bond donors (Lipinski definition) is 1. The molecule has 3 heteroatoms. The minimum Gasteiger partial charge on any atom is -0.381 e. The summed E-state index contributed by atoms with van der Waals surface area (Å²) in [5.74, 6) is 0. The molecule has 1 N–H and O–H groups in total. The normalized spacial score (nSPS) is 33.0. The monoisotopic (exact) mass is 255 g/mol. The average molecular weight is 255 g/mol. The number of nitrogens with one attached hydrogen (secondary N) is 1. The van der Waals surface area contributed by atoms with Crippen molar-refractivity contribution in [3.8, 4) is 0 Å². The van der Waals surface area contributed by atoms with E-state index in [1.165, 1.54) is 32.1 Å². The zero-order chi connectivity index (χ0) is 12.8. The average Bonchev–Trinajstić information content (AvgIpc) is 2.67. The summed E-state index contributed by atoms with van der Waals surface area (Å²) >= 11 is 0. The lowest BCUT2D eigenvalue weighted by Gasteiger charge is -2.41. The van der Waals surface area contributed by atoms with Crippen LogP contribution in [0, 0.1) is 0 Å². The first-order valence-electron chi connectivity index (χ1n) is 7.76. The van der Waals surface area contributed by atoms with E-state index in [2.05, 4.69) is 19.2 Å². The van der Waals surface area contributed by atoms with Gasteiger partial charge in [0.2, 0.25) is 0 Å². The van der Waals surface area contributed by atoms with Gasteiger partial charge in [-0.25, -0.2) is 0 Å². The maximum atomic E-state index is 6.04. The van der Waals surface area contributed by atoms with E-state index in [9.17, 15) is 0 Å². The number of ether oxygens (including phenoxy) is 2. The van der Waals surface area contributed by atoms with Crippen LogP contribution in [0.3, 0.4) is 0 Å². The van der Waals surface area contributed by atoms with E-state index in [0.717, 1.165) is 32.7 Å². The van der Waals surface area contributed by atoms with E-state index >= 15 is 0 Å². The molecule has 0 bridgehead atoms. The fourth-order valence-electron chi connectivity index (χ4n) is 3.32. The molecular formula is C15H29NO2. The van der Waals surface area contributed by atoms with Gasteiger partial charge in [-0.05, 0) is 44.9 Å². The van der Waals surface area contributed by atoms with Crippen molar-refractivity contribution >= 4 is 0 Å². The van der Waals surface area contributed by atoms with E-state index < -0.39 is 0 Å². The Hall–Kier alpha value is -0.120. The van der Waals surface area contributed by atoms with Crippen LogP contribution in [0.4, 0.5) is 0 Å². The third kappa shape index (κ3) is 3.69. The molecule has 2 saturated heterocycles. The summed E-state index contributed by atoms with van der Waals surface area (Å²) in [7, 11) is 0. The Bertz CT molecular complexity index is 233. The molecule has 2 aliphatic heterocycles. The van der Waals surface area contributed by atoms with Crippen molar-refractivity contribution in [3.05, 3.63) is 0 Å². The van der Waals surface area contributed by atoms with Crippen LogP contribution in [-0.2, 0) is 9.47 Å². The molecule has 18 heavy (non-hydrogen) atoms. The second-order valence-electron chi connectivity index (χ2n) is 5.84. The molecule has 2 heterocycles. The summed E-state index contributed by atoms with van der Waals surface area (Å²) in [5.41, 5.74) is 0.136. The van der Waals surface area contributed by atoms with E-state index in [4.69, 9.17) is 9.47 Å². The molecule has 0 aliphatic carbocycles. The molecule has 0 amide bonds. The Morgan fingerprint density at radius 3 is 2.56 bits per heavy atom. The molecule has 3 nitrogen and oxygen atoms in total. The summed E-state index contributed by atoms with van der Waals surface area (Å²) in [6.07, 6.45) is 8.25. The molecule has 2 unspecified atom stereocenters. The van der Waals surface area contributed by atoms with E-state index in [1.807, 2.05) is 0 Å². The van der Waals surface area contributed by atoms with Gasteiger partial charge in [0.15, 0.2) is 0 Å². The minimum absolute atomic E-state index is 0.136. The van der Waals surface area contributed by atoms with Crippen molar-refractivity contribution in [1.29, 1.82) is 0 Å². The Kier molecular flexibility index (Phi) is 5.46. The first kappa shape index (κ1) is 14.3. The van der Waals surface area contributed by atoms with Crippen molar-refractivity contribution in [3.63, 3.8) is 0 Å². The van der Waals surface area contributed by atoms with Crippen molar-refractivity contribution in [2.24, 2.45) is 0 Å². The maximum Gasteiger partial charge on any atom is 0.0692 e. The Labute approximate surface area is 112 Å². The lowest BCUT2D eigenvalue weighted by molar-refractivity contribution is -0.0942. The van der Waals surface area contributed by atoms with E-state index in [1.54, 1.807) is 0 Å². The van der Waals surface area contributed by atoms with Crippen molar-refractivity contribution in [2.45, 2.75) is 76.5 Å². The predicted octanol–water partition coefficient (Wildman–Crippen LogP) is 2.88. The van der Waals surface area contributed by atoms with E-state index in [-0.39, 0.29) is 5.60 Å². The Morgan fingerprint density at radius 2 is 1.78 bits per heavy atom. The zero-order valence-corrected chi connectivity index (χ0v) is 12.0. The second kappa shape index (κ2) is 6.88. The van der Waals surface area contributed by atoms with E-state index in [0.29, 0.717) is 12.1 Å². The summed E-state index contributed by atoms with van der Waals surface area (Å²) in [6.45, 7) is 7.30. The molecule has 0 aromatic carbocycles. The summed E-state index contributed by atoms with van der Waals surface area (Å²) in [5, 5.41) is 3.86. The van der Waals surface area contributed by atoms with Gasteiger partial charge in [0.25, 0.3) is 0 Å². The lowest BCUT2D eigenvalue weighted by Crippen LogP contribution is -2.49. The maximum absolute atomic E-state index is 6.04. The Balaban J connectivity index is 1.84. The van der Waals surface area contributed by atoms with Gasteiger partial charge in [0.05, 0.1) is 5.60 Å². The van der Waals surface area contributed by atoms with Crippen LogP contribution in [0.25, 0.3) is 0 Å². The summed E-state index contributed by atoms with van der Waals surface area (Å²) < 4.78 is 11.6. The van der Waals surface area contributed by atoms with Crippen molar-refractivity contribution in [2.75, 3.05) is 19.8 Å². The molecular weight excluding hydrogens is 226 g/mol. The third-order valence-electron chi connectivity index (χ3n) is 4.70. The standard InChI is InChI=1S/C15H29NO2/c1-3-15(4-2)12-14(8-11-18-15)16-13-6-5-9-17-10-7-13/h13-14,16H,3-12H2,1-2H3. The van der Waals surface area contributed by atoms with Gasteiger partial charge in [0, 0.05) is 31.9 Å². The highest BCUT2D eigenvalue weighted by atomic mass is 16.5. The van der Waals surface area contributed by atoms with Gasteiger partial charge in [-0.1, -0.05) is 13.8 Å². The van der Waals surface area contributed by atoms with Crippen molar-refractivity contribution in [1.82, 2.24) is 5.32 Å². The highest BCUT2D eigenvalue weighted by molar-refractivity contribution is 4.89. The molecule has 2 atom stereocenters. The first-order valence-corrected chi connectivity index (χ1v) is 7.76. The van der Waals surface area contributed by atoms with Gasteiger partial charge < -0.3 is 14.8 Å². The molecule has 0 aromatic heterocycles. The molecule has 0 radical (unpaired) electrons. The highest BCUT2D eigenvalue weighted by Gasteiger charge is 2.35. The number of rotatable bonds is 4. The highest BCUT2D eigenvalue weighted by Crippen LogP contribution is 2.31. The summed E-state index contributed by atoms with van der Waals surface area (Å²) in [6, 6.07) is 1.30. The lowest BCUT2D eigenvalue weighted by atomic mass is 9.85. The van der Waals surface area contributed by atoms with Gasteiger partial charge in [-0.15, -0.1) is 0 Å². The molecule has 0 aromatic rings. The fourth-order valence-corrected chi connectivity index (χ4v) is 3.32. The van der Waals surface area contributed by atoms with Crippen molar-refractivity contribution < 1.29 is 9.47 Å². The molecule has 2 aliphatic rings. The first-order chi connectivity index (χ1) is 8.78. The number of hydrogen-bond acceptors (Lipinski definition) is 3. The van der Waals surface area contributed by atoms with Gasteiger partial charge in [0.1, 0.15) is 0 Å². The van der Waals surface area contributed by atoms with Crippen LogP contribution in [0.2, 0.25) is 0 Å². The molecule has 0 saturated carbocycles. The minimum atomic E-state index is 0.136. The van der Waals surface area contributed by atoms with Gasteiger partial charge in [-0.3, -0.25) is 0 Å². The van der Waals surface area contributed by atoms with Crippen LogP contribution < -0.4 is 5.32 Å². The fraction of sp³-hybridized carbons (Fsp3) is 1.00.